The second-order valence-electron chi connectivity index (χ2n) is 10.4. The van der Waals surface area contributed by atoms with Gasteiger partial charge >= 0.3 is 5.97 Å². The Balaban J connectivity index is 2.03. The number of hydrogen-bond acceptors (Lipinski definition) is 8. The number of nitrogens with one attached hydrogen (secondary N) is 4. The van der Waals surface area contributed by atoms with Crippen LogP contribution in [0, 0.1) is 0 Å². The summed E-state index contributed by atoms with van der Waals surface area (Å²) in [7, 11) is 0. The number of carbonyl (C=O) groups excluding carboxylic acids is 4. The molecular formula is C31H43N5O7S. The number of rotatable bonds is 19. The highest BCUT2D eigenvalue weighted by molar-refractivity contribution is 7.98. The van der Waals surface area contributed by atoms with E-state index in [0.717, 1.165) is 17.5 Å². The van der Waals surface area contributed by atoms with E-state index in [4.69, 9.17) is 5.73 Å². The maximum absolute atomic E-state index is 13.1. The third-order valence-corrected chi connectivity index (χ3v) is 7.43. The number of carbonyl (C=O) groups is 5. The van der Waals surface area contributed by atoms with Crippen LogP contribution in [0.15, 0.2) is 54.6 Å². The summed E-state index contributed by atoms with van der Waals surface area (Å²) < 4.78 is 0. The van der Waals surface area contributed by atoms with Gasteiger partial charge in [0.05, 0.1) is 12.6 Å². The van der Waals surface area contributed by atoms with E-state index in [1.165, 1.54) is 23.9 Å². The van der Waals surface area contributed by atoms with Crippen LogP contribution in [-0.4, -0.2) is 82.5 Å². The van der Waals surface area contributed by atoms with Crippen LogP contribution >= 0.6 is 11.8 Å². The quantitative estimate of drug-likeness (QED) is 0.119. The second-order valence-corrected chi connectivity index (χ2v) is 11.4. The molecule has 0 aliphatic heterocycles. The van der Waals surface area contributed by atoms with Gasteiger partial charge < -0.3 is 37.2 Å². The fraction of sp³-hybridized carbons (Fsp3) is 0.452. The topological polar surface area (TPSA) is 200 Å². The van der Waals surface area contributed by atoms with Crippen LogP contribution in [0.4, 0.5) is 0 Å². The molecule has 0 saturated heterocycles. The number of hydrogen-bond donors (Lipinski definition) is 7. The smallest absolute Gasteiger partial charge is 0.326 e. The lowest BCUT2D eigenvalue weighted by Crippen LogP contribution is -2.55. The monoisotopic (exact) mass is 629 g/mol. The van der Waals surface area contributed by atoms with E-state index in [1.54, 1.807) is 36.4 Å². The number of carboxylic acids is 1. The first-order valence-corrected chi connectivity index (χ1v) is 15.9. The Morgan fingerprint density at radius 1 is 0.795 bits per heavy atom. The Kier molecular flexibility index (Phi) is 15.8. The van der Waals surface area contributed by atoms with Crippen LogP contribution in [-0.2, 0) is 36.8 Å². The van der Waals surface area contributed by atoms with Gasteiger partial charge in [0.1, 0.15) is 23.9 Å². The number of aromatic hydroxyl groups is 1. The number of unbranched alkanes of at least 4 members (excludes halogenated alkanes) is 1. The molecule has 0 unspecified atom stereocenters. The molecule has 13 heteroatoms. The molecule has 0 bridgehead atoms. The standard InChI is InChI=1S/C31H43N5O7S/c1-3-4-10-25(31(42)43)36-30(41)26(18-20-8-6-5-7-9-20)34-27(38)19-33-29(40)24(15-16-44-2)35-28(39)23(32)17-21-11-13-22(37)14-12-21/h5-9,11-14,23-26,37H,3-4,10,15-19,32H2,1-2H3,(H,33,40)(H,34,38)(H,35,39)(H,36,41)(H,42,43)/t23-,24+,25-,26-/m0/s1. The zero-order chi connectivity index (χ0) is 32.5. The van der Waals surface area contributed by atoms with Crippen molar-refractivity contribution in [2.24, 2.45) is 5.73 Å². The van der Waals surface area contributed by atoms with Crippen LogP contribution in [0.25, 0.3) is 0 Å². The molecule has 12 nitrogen and oxygen atoms in total. The Morgan fingerprint density at radius 3 is 2.05 bits per heavy atom. The molecule has 2 aromatic rings. The summed E-state index contributed by atoms with van der Waals surface area (Å²) in [5.41, 5.74) is 7.55. The van der Waals surface area contributed by atoms with Crippen LogP contribution in [0.3, 0.4) is 0 Å². The van der Waals surface area contributed by atoms with Gasteiger partial charge in [-0.25, -0.2) is 4.79 Å². The van der Waals surface area contributed by atoms with Crippen molar-refractivity contribution < 1.29 is 34.2 Å². The largest absolute Gasteiger partial charge is 0.508 e. The predicted octanol–water partition coefficient (Wildman–Crippen LogP) is 1.10. The SMILES string of the molecule is CCCC[C@H](NC(=O)[C@H](Cc1ccccc1)NC(=O)CNC(=O)[C@@H](CCSC)NC(=O)[C@@H](N)Cc1ccc(O)cc1)C(=O)O. The van der Waals surface area contributed by atoms with Gasteiger partial charge in [0.25, 0.3) is 0 Å². The van der Waals surface area contributed by atoms with E-state index in [9.17, 15) is 34.2 Å². The van der Waals surface area contributed by atoms with Crippen molar-refractivity contribution >= 4 is 41.4 Å². The fourth-order valence-corrected chi connectivity index (χ4v) is 4.77. The zero-order valence-electron chi connectivity index (χ0n) is 25.1. The molecule has 0 fully saturated rings. The maximum Gasteiger partial charge on any atom is 0.326 e. The Labute approximate surface area is 261 Å². The van der Waals surface area contributed by atoms with Gasteiger partial charge in [0.2, 0.25) is 23.6 Å². The van der Waals surface area contributed by atoms with Crippen molar-refractivity contribution in [2.45, 2.75) is 69.6 Å². The van der Waals surface area contributed by atoms with Crippen molar-refractivity contribution in [3.8, 4) is 5.75 Å². The summed E-state index contributed by atoms with van der Waals surface area (Å²) >= 11 is 1.48. The molecule has 2 aromatic carbocycles. The van der Waals surface area contributed by atoms with Gasteiger partial charge in [-0.05, 0) is 54.5 Å². The van der Waals surface area contributed by atoms with Gasteiger partial charge in [0.15, 0.2) is 0 Å². The number of thioether (sulfide) groups is 1. The molecule has 0 heterocycles. The predicted molar refractivity (Wildman–Crippen MR) is 169 cm³/mol. The van der Waals surface area contributed by atoms with Crippen LogP contribution < -0.4 is 27.0 Å². The molecule has 8 N–H and O–H groups in total. The van der Waals surface area contributed by atoms with E-state index < -0.39 is 60.3 Å². The second kappa shape index (κ2) is 19.2. The van der Waals surface area contributed by atoms with Crippen molar-refractivity contribution in [1.82, 2.24) is 21.3 Å². The third kappa shape index (κ3) is 13.0. The molecule has 4 atom stereocenters. The number of carboxylic acid groups (broad SMARTS) is 1. The molecule has 0 radical (unpaired) electrons. The lowest BCUT2D eigenvalue weighted by atomic mass is 10.0. The molecule has 0 aliphatic carbocycles. The molecular weight excluding hydrogens is 586 g/mol. The van der Waals surface area contributed by atoms with Crippen LogP contribution in [0.5, 0.6) is 5.75 Å². The van der Waals surface area contributed by atoms with Crippen molar-refractivity contribution in [3.05, 3.63) is 65.7 Å². The number of nitrogens with two attached hydrogens (primary N) is 1. The first-order chi connectivity index (χ1) is 21.0. The summed E-state index contributed by atoms with van der Waals surface area (Å²) in [4.78, 5) is 63.5. The average Bonchev–Trinajstić information content (AvgIpc) is 3.00. The minimum atomic E-state index is -1.16. The van der Waals surface area contributed by atoms with Crippen LogP contribution in [0.2, 0.25) is 0 Å². The first-order valence-electron chi connectivity index (χ1n) is 14.5. The highest BCUT2D eigenvalue weighted by atomic mass is 32.2. The molecule has 2 rings (SSSR count). The van der Waals surface area contributed by atoms with Gasteiger partial charge in [-0.15, -0.1) is 0 Å². The van der Waals surface area contributed by atoms with Gasteiger partial charge in [-0.3, -0.25) is 19.2 Å². The highest BCUT2D eigenvalue weighted by Gasteiger charge is 2.28. The summed E-state index contributed by atoms with van der Waals surface area (Å²) in [5.74, 6) is -2.95. The minimum absolute atomic E-state index is 0.0908. The maximum atomic E-state index is 13.1. The molecule has 4 amide bonds. The molecule has 240 valence electrons. The lowest BCUT2D eigenvalue weighted by Gasteiger charge is -2.23. The molecule has 44 heavy (non-hydrogen) atoms. The first kappa shape index (κ1) is 36.1. The normalized spacial score (nSPS) is 13.5. The van der Waals surface area contributed by atoms with Crippen molar-refractivity contribution in [1.29, 1.82) is 0 Å². The van der Waals surface area contributed by atoms with Gasteiger partial charge in [-0.1, -0.05) is 62.2 Å². The van der Waals surface area contributed by atoms with E-state index >= 15 is 0 Å². The number of benzene rings is 2. The van der Waals surface area contributed by atoms with Gasteiger partial charge in [0, 0.05) is 6.42 Å². The average molecular weight is 630 g/mol. The fourth-order valence-electron chi connectivity index (χ4n) is 4.29. The zero-order valence-corrected chi connectivity index (χ0v) is 25.9. The number of aliphatic carboxylic acids is 1. The lowest BCUT2D eigenvalue weighted by molar-refractivity contribution is -0.142. The highest BCUT2D eigenvalue weighted by Crippen LogP contribution is 2.11. The number of amides is 4. The molecule has 0 aliphatic rings. The van der Waals surface area contributed by atoms with Crippen molar-refractivity contribution in [3.63, 3.8) is 0 Å². The summed E-state index contributed by atoms with van der Waals surface area (Å²) in [5, 5.41) is 29.3. The van der Waals surface area contributed by atoms with E-state index in [1.807, 2.05) is 19.2 Å². The van der Waals surface area contributed by atoms with E-state index in [2.05, 4.69) is 21.3 Å². The van der Waals surface area contributed by atoms with E-state index in [-0.39, 0.29) is 25.0 Å². The number of phenols is 1. The summed E-state index contributed by atoms with van der Waals surface area (Å²) in [6.45, 7) is 1.44. The van der Waals surface area contributed by atoms with Crippen LogP contribution in [0.1, 0.15) is 43.7 Å². The summed E-state index contributed by atoms with van der Waals surface area (Å²) in [6.07, 6.45) is 4.06. The molecule has 0 spiro atoms. The Hall–Kier alpha value is -4.10. The minimum Gasteiger partial charge on any atom is -0.508 e. The Morgan fingerprint density at radius 2 is 1.43 bits per heavy atom. The Bertz CT molecular complexity index is 1230. The molecule has 0 aromatic heterocycles. The van der Waals surface area contributed by atoms with Gasteiger partial charge in [-0.2, -0.15) is 11.8 Å². The van der Waals surface area contributed by atoms with Crippen molar-refractivity contribution in [2.75, 3.05) is 18.6 Å². The molecule has 0 saturated carbocycles. The summed E-state index contributed by atoms with van der Waals surface area (Å²) in [6, 6.07) is 11.1. The third-order valence-electron chi connectivity index (χ3n) is 6.79. The number of phenolic OH excluding ortho intramolecular Hbond substituents is 1. The van der Waals surface area contributed by atoms with E-state index in [0.29, 0.717) is 18.6 Å².